The lowest BCUT2D eigenvalue weighted by molar-refractivity contribution is -0.123. The van der Waals surface area contributed by atoms with E-state index in [1.165, 1.54) is 0 Å². The van der Waals surface area contributed by atoms with Gasteiger partial charge < -0.3 is 10.1 Å². The molecule has 1 rings (SSSR count). The standard InChI is InChI=1S/C15H23NO2/c1-6-16-15(3,4)14(17)10-12-9-11(2)7-8-13(12)18-5/h7-9,16H,6,10H2,1-5H3. The van der Waals surface area contributed by atoms with Crippen molar-refractivity contribution in [3.8, 4) is 5.75 Å². The average Bonchev–Trinajstić information content (AvgIpc) is 2.29. The summed E-state index contributed by atoms with van der Waals surface area (Å²) >= 11 is 0. The highest BCUT2D eigenvalue weighted by atomic mass is 16.5. The quantitative estimate of drug-likeness (QED) is 0.842. The molecule has 0 radical (unpaired) electrons. The summed E-state index contributed by atoms with van der Waals surface area (Å²) in [5.74, 6) is 0.953. The third-order valence-corrected chi connectivity index (χ3v) is 3.10. The van der Waals surface area contributed by atoms with Crippen molar-refractivity contribution in [2.45, 2.75) is 39.7 Å². The van der Waals surface area contributed by atoms with Crippen LogP contribution in [0.2, 0.25) is 0 Å². The van der Waals surface area contributed by atoms with Crippen LogP contribution in [0.3, 0.4) is 0 Å². The van der Waals surface area contributed by atoms with E-state index in [0.717, 1.165) is 23.4 Å². The Bertz CT molecular complexity index is 425. The minimum absolute atomic E-state index is 0.174. The number of benzene rings is 1. The topological polar surface area (TPSA) is 38.3 Å². The number of rotatable bonds is 6. The maximum absolute atomic E-state index is 12.3. The molecule has 1 N–H and O–H groups in total. The first kappa shape index (κ1) is 14.7. The summed E-state index contributed by atoms with van der Waals surface area (Å²) in [5, 5.41) is 3.20. The van der Waals surface area contributed by atoms with E-state index in [1.54, 1.807) is 7.11 Å². The van der Waals surface area contributed by atoms with Crippen molar-refractivity contribution >= 4 is 5.78 Å². The van der Waals surface area contributed by atoms with Crippen molar-refractivity contribution in [3.05, 3.63) is 29.3 Å². The van der Waals surface area contributed by atoms with Gasteiger partial charge in [-0.25, -0.2) is 0 Å². The molecule has 0 saturated heterocycles. The van der Waals surface area contributed by atoms with Crippen LogP contribution in [0.15, 0.2) is 18.2 Å². The van der Waals surface area contributed by atoms with E-state index in [4.69, 9.17) is 4.74 Å². The molecule has 1 aromatic carbocycles. The third-order valence-electron chi connectivity index (χ3n) is 3.10. The highest BCUT2D eigenvalue weighted by Gasteiger charge is 2.26. The molecule has 0 bridgehead atoms. The van der Waals surface area contributed by atoms with E-state index in [9.17, 15) is 4.79 Å². The molecular formula is C15H23NO2. The molecule has 0 unspecified atom stereocenters. The van der Waals surface area contributed by atoms with Crippen LogP contribution in [0.4, 0.5) is 0 Å². The maximum Gasteiger partial charge on any atom is 0.156 e. The fourth-order valence-electron chi connectivity index (χ4n) is 1.98. The van der Waals surface area contributed by atoms with Crippen molar-refractivity contribution in [2.75, 3.05) is 13.7 Å². The summed E-state index contributed by atoms with van der Waals surface area (Å²) in [6.07, 6.45) is 0.394. The van der Waals surface area contributed by atoms with Gasteiger partial charge in [-0.05, 0) is 33.4 Å². The van der Waals surface area contributed by atoms with Gasteiger partial charge in [0.15, 0.2) is 5.78 Å². The number of methoxy groups -OCH3 is 1. The molecule has 0 heterocycles. The summed E-state index contributed by atoms with van der Waals surface area (Å²) in [7, 11) is 1.63. The number of aryl methyl sites for hydroxylation is 1. The lowest BCUT2D eigenvalue weighted by Crippen LogP contribution is -2.47. The molecule has 18 heavy (non-hydrogen) atoms. The zero-order valence-corrected chi connectivity index (χ0v) is 12.0. The summed E-state index contributed by atoms with van der Waals surface area (Å²) in [4.78, 5) is 12.3. The fraction of sp³-hybridized carbons (Fsp3) is 0.533. The van der Waals surface area contributed by atoms with Crippen molar-refractivity contribution < 1.29 is 9.53 Å². The highest BCUT2D eigenvalue weighted by molar-refractivity contribution is 5.89. The lowest BCUT2D eigenvalue weighted by Gasteiger charge is -2.24. The van der Waals surface area contributed by atoms with Gasteiger partial charge in [0.25, 0.3) is 0 Å². The smallest absolute Gasteiger partial charge is 0.156 e. The highest BCUT2D eigenvalue weighted by Crippen LogP contribution is 2.22. The molecule has 0 atom stereocenters. The van der Waals surface area contributed by atoms with Gasteiger partial charge in [-0.3, -0.25) is 4.79 Å². The first-order chi connectivity index (χ1) is 8.40. The van der Waals surface area contributed by atoms with E-state index in [0.29, 0.717) is 6.42 Å². The van der Waals surface area contributed by atoms with Crippen LogP contribution in [0, 0.1) is 6.92 Å². The molecule has 0 aromatic heterocycles. The normalized spacial score (nSPS) is 11.4. The molecule has 3 heteroatoms. The number of likely N-dealkylation sites (N-methyl/N-ethyl adjacent to an activating group) is 1. The number of carbonyl (C=O) groups excluding carboxylic acids is 1. The minimum Gasteiger partial charge on any atom is -0.496 e. The Hall–Kier alpha value is -1.35. The van der Waals surface area contributed by atoms with Gasteiger partial charge in [-0.2, -0.15) is 0 Å². The molecule has 1 aromatic rings. The van der Waals surface area contributed by atoms with E-state index >= 15 is 0 Å². The summed E-state index contributed by atoms with van der Waals surface area (Å²) in [6.45, 7) is 8.64. The number of carbonyl (C=O) groups is 1. The first-order valence-electron chi connectivity index (χ1n) is 6.32. The van der Waals surface area contributed by atoms with E-state index in [1.807, 2.05) is 45.9 Å². The second kappa shape index (κ2) is 6.01. The molecule has 0 aliphatic rings. The maximum atomic E-state index is 12.3. The number of nitrogens with one attached hydrogen (secondary N) is 1. The largest absolute Gasteiger partial charge is 0.496 e. The molecule has 0 aliphatic carbocycles. The van der Waals surface area contributed by atoms with Crippen molar-refractivity contribution in [1.29, 1.82) is 0 Å². The van der Waals surface area contributed by atoms with Crippen LogP contribution < -0.4 is 10.1 Å². The molecule has 3 nitrogen and oxygen atoms in total. The van der Waals surface area contributed by atoms with E-state index < -0.39 is 5.54 Å². The van der Waals surface area contributed by atoms with Crippen LogP contribution in [-0.2, 0) is 11.2 Å². The van der Waals surface area contributed by atoms with Crippen LogP contribution in [0.5, 0.6) is 5.75 Å². The molecule has 0 fully saturated rings. The number of ether oxygens (including phenoxy) is 1. The number of Topliss-reactive ketones (excluding diaryl/α,β-unsaturated/α-hetero) is 1. The molecule has 0 aliphatic heterocycles. The van der Waals surface area contributed by atoms with Gasteiger partial charge in [0.1, 0.15) is 5.75 Å². The van der Waals surface area contributed by atoms with Gasteiger partial charge in [0.05, 0.1) is 12.6 Å². The van der Waals surface area contributed by atoms with Crippen molar-refractivity contribution in [3.63, 3.8) is 0 Å². The van der Waals surface area contributed by atoms with Gasteiger partial charge in [-0.1, -0.05) is 24.6 Å². The molecule has 0 spiro atoms. The number of ketones is 1. The predicted octanol–water partition coefficient (Wildman–Crippen LogP) is 2.50. The third kappa shape index (κ3) is 3.57. The summed E-state index contributed by atoms with van der Waals surface area (Å²) in [6, 6.07) is 5.92. The van der Waals surface area contributed by atoms with Gasteiger partial charge in [0.2, 0.25) is 0 Å². The summed E-state index contributed by atoms with van der Waals surface area (Å²) < 4.78 is 5.30. The second-order valence-corrected chi connectivity index (χ2v) is 5.07. The fourth-order valence-corrected chi connectivity index (χ4v) is 1.98. The van der Waals surface area contributed by atoms with Crippen LogP contribution in [-0.4, -0.2) is 25.0 Å². The lowest BCUT2D eigenvalue weighted by atomic mass is 9.92. The van der Waals surface area contributed by atoms with E-state index in [-0.39, 0.29) is 5.78 Å². The average molecular weight is 249 g/mol. The predicted molar refractivity (Wildman–Crippen MR) is 74.2 cm³/mol. The SMILES string of the molecule is CCNC(C)(C)C(=O)Cc1cc(C)ccc1OC. The van der Waals surface area contributed by atoms with Crippen molar-refractivity contribution in [1.82, 2.24) is 5.32 Å². The molecule has 0 amide bonds. The zero-order chi connectivity index (χ0) is 13.8. The Labute approximate surface area is 110 Å². The Morgan fingerprint density at radius 3 is 2.61 bits per heavy atom. The molecule has 100 valence electrons. The van der Waals surface area contributed by atoms with Gasteiger partial charge in [0, 0.05) is 12.0 Å². The van der Waals surface area contributed by atoms with Gasteiger partial charge in [-0.15, -0.1) is 0 Å². The van der Waals surface area contributed by atoms with E-state index in [2.05, 4.69) is 5.32 Å². The van der Waals surface area contributed by atoms with Crippen molar-refractivity contribution in [2.24, 2.45) is 0 Å². The van der Waals surface area contributed by atoms with Gasteiger partial charge >= 0.3 is 0 Å². The van der Waals surface area contributed by atoms with Crippen LogP contribution in [0.1, 0.15) is 31.9 Å². The first-order valence-corrected chi connectivity index (χ1v) is 6.32. The Kier molecular flexibility index (Phi) is 4.91. The number of hydrogen-bond donors (Lipinski definition) is 1. The number of hydrogen-bond acceptors (Lipinski definition) is 3. The zero-order valence-electron chi connectivity index (χ0n) is 12.0. The molecule has 0 saturated carbocycles. The minimum atomic E-state index is -0.497. The van der Waals surface area contributed by atoms with Crippen LogP contribution in [0.25, 0.3) is 0 Å². The second-order valence-electron chi connectivity index (χ2n) is 5.07. The Balaban J connectivity index is 2.90. The Morgan fingerprint density at radius 1 is 1.39 bits per heavy atom. The Morgan fingerprint density at radius 2 is 2.06 bits per heavy atom. The monoisotopic (exact) mass is 249 g/mol. The summed E-state index contributed by atoms with van der Waals surface area (Å²) in [5.41, 5.74) is 1.59. The molecular weight excluding hydrogens is 226 g/mol. The van der Waals surface area contributed by atoms with Crippen LogP contribution >= 0.6 is 0 Å².